The van der Waals surface area contributed by atoms with Gasteiger partial charge in [-0.25, -0.2) is 0 Å². The fourth-order valence-electron chi connectivity index (χ4n) is 2.57. The molecule has 28 heavy (non-hydrogen) atoms. The molecule has 1 N–H and O–H groups in total. The molecule has 5 nitrogen and oxygen atoms in total. The van der Waals surface area contributed by atoms with Crippen LogP contribution in [0.5, 0.6) is 5.75 Å². The van der Waals surface area contributed by atoms with Gasteiger partial charge in [0.2, 0.25) is 5.91 Å². The molecule has 0 fully saturated rings. The molecule has 2 amide bonds. The van der Waals surface area contributed by atoms with Crippen molar-refractivity contribution in [3.05, 3.63) is 64.1 Å². The van der Waals surface area contributed by atoms with Crippen LogP contribution >= 0.6 is 23.2 Å². The Morgan fingerprint density at radius 3 is 2.57 bits per heavy atom. The molecule has 0 aromatic heterocycles. The lowest BCUT2D eigenvalue weighted by Gasteiger charge is -2.29. The SMILES string of the molecule is CCCNC(=O)[C@H](C)N(Cc1ccccc1Cl)C(=O)COc1cccc(Cl)c1. The van der Waals surface area contributed by atoms with E-state index in [1.54, 1.807) is 37.3 Å². The number of carbonyl (C=O) groups is 2. The minimum atomic E-state index is -0.668. The monoisotopic (exact) mass is 422 g/mol. The highest BCUT2D eigenvalue weighted by Crippen LogP contribution is 2.20. The summed E-state index contributed by atoms with van der Waals surface area (Å²) in [6, 6.07) is 13.4. The zero-order chi connectivity index (χ0) is 20.5. The molecule has 1 atom stereocenters. The van der Waals surface area contributed by atoms with Crippen molar-refractivity contribution in [2.24, 2.45) is 0 Å². The first-order chi connectivity index (χ1) is 13.4. The van der Waals surface area contributed by atoms with Crippen LogP contribution in [0.25, 0.3) is 0 Å². The van der Waals surface area contributed by atoms with E-state index < -0.39 is 6.04 Å². The van der Waals surface area contributed by atoms with Crippen molar-refractivity contribution in [3.63, 3.8) is 0 Å². The summed E-state index contributed by atoms with van der Waals surface area (Å²) in [4.78, 5) is 26.8. The van der Waals surface area contributed by atoms with Crippen molar-refractivity contribution < 1.29 is 14.3 Å². The zero-order valence-electron chi connectivity index (χ0n) is 16.0. The van der Waals surface area contributed by atoms with Crippen LogP contribution in [0, 0.1) is 0 Å². The summed E-state index contributed by atoms with van der Waals surface area (Å²) in [6.07, 6.45) is 0.814. The van der Waals surface area contributed by atoms with Crippen LogP contribution < -0.4 is 10.1 Å². The Balaban J connectivity index is 2.14. The van der Waals surface area contributed by atoms with Crippen LogP contribution in [0.2, 0.25) is 10.0 Å². The Hall–Kier alpha value is -2.24. The predicted molar refractivity (Wildman–Crippen MR) is 112 cm³/mol. The van der Waals surface area contributed by atoms with Gasteiger partial charge in [-0.05, 0) is 43.2 Å². The summed E-state index contributed by atoms with van der Waals surface area (Å²) in [5.41, 5.74) is 0.760. The number of hydrogen-bond donors (Lipinski definition) is 1. The van der Waals surface area contributed by atoms with Gasteiger partial charge < -0.3 is 15.0 Å². The number of nitrogens with one attached hydrogen (secondary N) is 1. The van der Waals surface area contributed by atoms with Crippen molar-refractivity contribution >= 4 is 35.0 Å². The molecule has 7 heteroatoms. The lowest BCUT2D eigenvalue weighted by atomic mass is 10.1. The van der Waals surface area contributed by atoms with Crippen LogP contribution in [0.15, 0.2) is 48.5 Å². The molecule has 150 valence electrons. The lowest BCUT2D eigenvalue weighted by Crippen LogP contribution is -2.49. The number of rotatable bonds is 9. The molecule has 0 unspecified atom stereocenters. The van der Waals surface area contributed by atoms with Crippen molar-refractivity contribution in [2.45, 2.75) is 32.9 Å². The van der Waals surface area contributed by atoms with Gasteiger partial charge in [-0.3, -0.25) is 9.59 Å². The number of nitrogens with zero attached hydrogens (tertiary/aromatic N) is 1. The molecule has 0 spiro atoms. The number of ether oxygens (including phenoxy) is 1. The second-order valence-corrected chi connectivity index (χ2v) is 7.17. The molecule has 0 aliphatic heterocycles. The molecule has 0 bridgehead atoms. The molecule has 2 rings (SSSR count). The van der Waals surface area contributed by atoms with E-state index in [0.29, 0.717) is 22.3 Å². The van der Waals surface area contributed by atoms with Crippen molar-refractivity contribution in [3.8, 4) is 5.75 Å². The third kappa shape index (κ3) is 6.43. The molecule has 2 aromatic carbocycles. The van der Waals surface area contributed by atoms with Gasteiger partial charge in [0, 0.05) is 23.1 Å². The largest absolute Gasteiger partial charge is 0.484 e. The van der Waals surface area contributed by atoms with Gasteiger partial charge in [-0.2, -0.15) is 0 Å². The first-order valence-corrected chi connectivity index (χ1v) is 9.87. The maximum Gasteiger partial charge on any atom is 0.261 e. The second-order valence-electron chi connectivity index (χ2n) is 6.33. The lowest BCUT2D eigenvalue weighted by molar-refractivity contribution is -0.142. The third-order valence-electron chi connectivity index (χ3n) is 4.17. The highest BCUT2D eigenvalue weighted by Gasteiger charge is 2.26. The first kappa shape index (κ1) is 22.1. The summed E-state index contributed by atoms with van der Waals surface area (Å²) in [5, 5.41) is 3.88. The summed E-state index contributed by atoms with van der Waals surface area (Å²) in [6.45, 7) is 4.21. The maximum absolute atomic E-state index is 12.9. The molecule has 2 aromatic rings. The molecule has 0 aliphatic carbocycles. The zero-order valence-corrected chi connectivity index (χ0v) is 17.5. The molecule has 0 saturated heterocycles. The average molecular weight is 423 g/mol. The van der Waals surface area contributed by atoms with Crippen LogP contribution in [0.3, 0.4) is 0 Å². The Kier molecular flexibility index (Phi) is 8.61. The molecule has 0 heterocycles. The quantitative estimate of drug-likeness (QED) is 0.654. The highest BCUT2D eigenvalue weighted by molar-refractivity contribution is 6.31. The number of amides is 2. The van der Waals surface area contributed by atoms with E-state index in [-0.39, 0.29) is 25.0 Å². The van der Waals surface area contributed by atoms with E-state index in [1.165, 1.54) is 4.90 Å². The minimum Gasteiger partial charge on any atom is -0.484 e. The number of carbonyl (C=O) groups excluding carboxylic acids is 2. The fourth-order valence-corrected chi connectivity index (χ4v) is 2.95. The van der Waals surface area contributed by atoms with Crippen LogP contribution in [0.4, 0.5) is 0 Å². The fraction of sp³-hybridized carbons (Fsp3) is 0.333. The summed E-state index contributed by atoms with van der Waals surface area (Å²) in [5.74, 6) is -0.0503. The van der Waals surface area contributed by atoms with Gasteiger partial charge in [0.15, 0.2) is 6.61 Å². The first-order valence-electron chi connectivity index (χ1n) is 9.11. The van der Waals surface area contributed by atoms with Gasteiger partial charge in [0.1, 0.15) is 11.8 Å². The van der Waals surface area contributed by atoms with E-state index in [0.717, 1.165) is 12.0 Å². The standard InChI is InChI=1S/C21H24Cl2N2O3/c1-3-11-24-21(27)15(2)25(13-16-7-4-5-10-19(16)23)20(26)14-28-18-9-6-8-17(22)12-18/h4-10,12,15H,3,11,13-14H2,1-2H3,(H,24,27)/t15-/m0/s1. The van der Waals surface area contributed by atoms with Gasteiger partial charge >= 0.3 is 0 Å². The molecular formula is C21H24Cl2N2O3. The van der Waals surface area contributed by atoms with Gasteiger partial charge in [-0.15, -0.1) is 0 Å². The Morgan fingerprint density at radius 2 is 1.89 bits per heavy atom. The predicted octanol–water partition coefficient (Wildman–Crippen LogP) is 4.32. The summed E-state index contributed by atoms with van der Waals surface area (Å²) < 4.78 is 5.57. The summed E-state index contributed by atoms with van der Waals surface area (Å²) in [7, 11) is 0. The number of hydrogen-bond acceptors (Lipinski definition) is 3. The molecule has 0 radical (unpaired) electrons. The van der Waals surface area contributed by atoms with Crippen molar-refractivity contribution in [2.75, 3.05) is 13.2 Å². The maximum atomic E-state index is 12.9. The summed E-state index contributed by atoms with van der Waals surface area (Å²) >= 11 is 12.2. The Morgan fingerprint density at radius 1 is 1.14 bits per heavy atom. The topological polar surface area (TPSA) is 58.6 Å². The normalized spacial score (nSPS) is 11.6. The van der Waals surface area contributed by atoms with E-state index in [2.05, 4.69) is 5.32 Å². The van der Waals surface area contributed by atoms with E-state index in [1.807, 2.05) is 25.1 Å². The molecule has 0 saturated carbocycles. The van der Waals surface area contributed by atoms with Gasteiger partial charge in [0.25, 0.3) is 5.91 Å². The third-order valence-corrected chi connectivity index (χ3v) is 4.78. The van der Waals surface area contributed by atoms with Crippen LogP contribution in [0.1, 0.15) is 25.8 Å². The number of benzene rings is 2. The highest BCUT2D eigenvalue weighted by atomic mass is 35.5. The van der Waals surface area contributed by atoms with Gasteiger partial charge in [0.05, 0.1) is 0 Å². The Labute approximate surface area is 175 Å². The number of halogens is 2. The smallest absolute Gasteiger partial charge is 0.261 e. The van der Waals surface area contributed by atoms with Crippen LogP contribution in [-0.2, 0) is 16.1 Å². The van der Waals surface area contributed by atoms with Crippen LogP contribution in [-0.4, -0.2) is 35.9 Å². The molecule has 0 aliphatic rings. The van der Waals surface area contributed by atoms with Gasteiger partial charge in [-0.1, -0.05) is 54.4 Å². The average Bonchev–Trinajstić information content (AvgIpc) is 2.69. The van der Waals surface area contributed by atoms with Crippen molar-refractivity contribution in [1.29, 1.82) is 0 Å². The van der Waals surface area contributed by atoms with E-state index in [4.69, 9.17) is 27.9 Å². The minimum absolute atomic E-state index is 0.206. The molecular weight excluding hydrogens is 399 g/mol. The van der Waals surface area contributed by atoms with E-state index >= 15 is 0 Å². The van der Waals surface area contributed by atoms with Crippen molar-refractivity contribution in [1.82, 2.24) is 10.2 Å². The second kappa shape index (κ2) is 10.9. The Bertz CT molecular complexity index is 814. The van der Waals surface area contributed by atoms with E-state index in [9.17, 15) is 9.59 Å².